The van der Waals surface area contributed by atoms with E-state index in [1.807, 2.05) is 0 Å². The summed E-state index contributed by atoms with van der Waals surface area (Å²) in [6.45, 7) is 0. The number of aromatic nitrogens is 1. The number of carboxylic acids is 1. The molecular weight excluding hydrogens is 180 g/mol. The van der Waals surface area contributed by atoms with Crippen LogP contribution in [-0.4, -0.2) is 26.1 Å². The Balaban J connectivity index is 3.27. The first-order valence-corrected chi connectivity index (χ1v) is 3.10. The Labute approximate surface area is 71.4 Å². The average molecular weight is 184 g/mol. The lowest BCUT2D eigenvalue weighted by molar-refractivity contribution is -0.389. The van der Waals surface area contributed by atoms with E-state index in [9.17, 15) is 14.9 Å². The van der Waals surface area contributed by atoms with Crippen molar-refractivity contribution >= 4 is 11.8 Å². The van der Waals surface area contributed by atoms with Crippen molar-refractivity contribution in [1.82, 2.24) is 4.98 Å². The van der Waals surface area contributed by atoms with E-state index in [4.69, 9.17) is 10.2 Å². The van der Waals surface area contributed by atoms with Crippen LogP contribution in [0.1, 0.15) is 10.5 Å². The zero-order valence-electron chi connectivity index (χ0n) is 6.17. The Hall–Kier alpha value is -2.18. The monoisotopic (exact) mass is 184 g/mol. The smallest absolute Gasteiger partial charge is 0.384 e. The van der Waals surface area contributed by atoms with Gasteiger partial charge in [-0.05, 0) is 16.0 Å². The first-order chi connectivity index (χ1) is 6.02. The third-order valence-corrected chi connectivity index (χ3v) is 1.25. The normalized spacial score (nSPS) is 9.54. The van der Waals surface area contributed by atoms with Crippen molar-refractivity contribution in [2.75, 3.05) is 0 Å². The maximum absolute atomic E-state index is 10.4. The molecule has 0 aromatic carbocycles. The van der Waals surface area contributed by atoms with Crippen LogP contribution in [0.15, 0.2) is 12.1 Å². The van der Waals surface area contributed by atoms with E-state index in [1.54, 1.807) is 0 Å². The Morgan fingerprint density at radius 3 is 2.62 bits per heavy atom. The van der Waals surface area contributed by atoms with Crippen molar-refractivity contribution in [3.8, 4) is 5.75 Å². The van der Waals surface area contributed by atoms with Crippen LogP contribution < -0.4 is 0 Å². The van der Waals surface area contributed by atoms with Gasteiger partial charge in [-0.2, -0.15) is 0 Å². The Morgan fingerprint density at radius 1 is 1.54 bits per heavy atom. The van der Waals surface area contributed by atoms with Gasteiger partial charge in [-0.3, -0.25) is 0 Å². The molecular formula is C6H4N2O5. The van der Waals surface area contributed by atoms with Gasteiger partial charge in [0.25, 0.3) is 0 Å². The molecule has 0 saturated heterocycles. The third-order valence-electron chi connectivity index (χ3n) is 1.25. The summed E-state index contributed by atoms with van der Waals surface area (Å²) in [5.41, 5.74) is -0.728. The molecule has 7 heteroatoms. The van der Waals surface area contributed by atoms with E-state index in [1.165, 1.54) is 0 Å². The topological polar surface area (TPSA) is 114 Å². The molecule has 1 rings (SSSR count). The summed E-state index contributed by atoms with van der Waals surface area (Å²) in [7, 11) is 0. The lowest BCUT2D eigenvalue weighted by Gasteiger charge is -1.94. The largest absolute Gasteiger partial charge is 0.504 e. The quantitative estimate of drug-likeness (QED) is 0.507. The zero-order chi connectivity index (χ0) is 10.0. The molecule has 0 bridgehead atoms. The van der Waals surface area contributed by atoms with Crippen LogP contribution in [0.4, 0.5) is 5.82 Å². The fourth-order valence-electron chi connectivity index (χ4n) is 0.701. The van der Waals surface area contributed by atoms with Gasteiger partial charge in [0.2, 0.25) is 0 Å². The molecule has 0 fully saturated rings. The standard InChI is InChI=1S/C6H4N2O5/c9-3-1-2-4(8(12)13)7-5(3)6(10)11/h1-2,9H,(H,10,11). The number of hydrogen-bond donors (Lipinski definition) is 2. The second kappa shape index (κ2) is 3.05. The summed E-state index contributed by atoms with van der Waals surface area (Å²) < 4.78 is 0. The van der Waals surface area contributed by atoms with Crippen molar-refractivity contribution in [3.05, 3.63) is 27.9 Å². The van der Waals surface area contributed by atoms with Crippen molar-refractivity contribution in [2.24, 2.45) is 0 Å². The molecule has 68 valence electrons. The van der Waals surface area contributed by atoms with Gasteiger partial charge >= 0.3 is 17.5 Å². The molecule has 1 aromatic rings. The summed E-state index contributed by atoms with van der Waals surface area (Å²) in [5, 5.41) is 27.5. The molecule has 13 heavy (non-hydrogen) atoms. The van der Waals surface area contributed by atoms with E-state index in [0.29, 0.717) is 0 Å². The lowest BCUT2D eigenvalue weighted by atomic mass is 10.3. The Kier molecular flexibility index (Phi) is 2.09. The van der Waals surface area contributed by atoms with Gasteiger partial charge in [0.05, 0.1) is 0 Å². The molecule has 0 saturated carbocycles. The van der Waals surface area contributed by atoms with Crippen LogP contribution in [0, 0.1) is 10.1 Å². The highest BCUT2D eigenvalue weighted by molar-refractivity contribution is 5.88. The van der Waals surface area contributed by atoms with E-state index in [-0.39, 0.29) is 0 Å². The van der Waals surface area contributed by atoms with E-state index < -0.39 is 28.2 Å². The Bertz CT molecular complexity index is 375. The molecule has 0 atom stereocenters. The lowest BCUT2D eigenvalue weighted by Crippen LogP contribution is -2.03. The number of aromatic carboxylic acids is 1. The van der Waals surface area contributed by atoms with Crippen LogP contribution >= 0.6 is 0 Å². The molecule has 0 amide bonds. The first kappa shape index (κ1) is 8.91. The minimum Gasteiger partial charge on any atom is -0.504 e. The molecule has 0 aliphatic heterocycles. The molecule has 7 nitrogen and oxygen atoms in total. The number of aromatic hydroxyl groups is 1. The second-order valence-corrected chi connectivity index (χ2v) is 2.10. The van der Waals surface area contributed by atoms with Gasteiger partial charge in [0, 0.05) is 6.07 Å². The minimum atomic E-state index is -1.51. The number of hydrogen-bond acceptors (Lipinski definition) is 5. The molecule has 0 aliphatic carbocycles. The van der Waals surface area contributed by atoms with Gasteiger partial charge in [-0.1, -0.05) is 0 Å². The summed E-state index contributed by atoms with van der Waals surface area (Å²) in [6.07, 6.45) is 0. The van der Waals surface area contributed by atoms with Crippen LogP contribution in [-0.2, 0) is 0 Å². The number of pyridine rings is 1. The van der Waals surface area contributed by atoms with Crippen LogP contribution in [0.25, 0.3) is 0 Å². The maximum atomic E-state index is 10.4. The molecule has 0 radical (unpaired) electrons. The van der Waals surface area contributed by atoms with Crippen molar-refractivity contribution < 1.29 is 19.9 Å². The molecule has 2 N–H and O–H groups in total. The van der Waals surface area contributed by atoms with E-state index >= 15 is 0 Å². The highest BCUT2D eigenvalue weighted by Gasteiger charge is 2.20. The number of nitrogens with zero attached hydrogens (tertiary/aromatic N) is 2. The summed E-state index contributed by atoms with van der Waals surface area (Å²) in [5.74, 6) is -2.73. The first-order valence-electron chi connectivity index (χ1n) is 3.10. The van der Waals surface area contributed by atoms with Crippen molar-refractivity contribution in [1.29, 1.82) is 0 Å². The fraction of sp³-hybridized carbons (Fsp3) is 0. The third kappa shape index (κ3) is 1.70. The molecule has 0 spiro atoms. The summed E-state index contributed by atoms with van der Waals surface area (Å²) >= 11 is 0. The van der Waals surface area contributed by atoms with Gasteiger partial charge in [-0.15, -0.1) is 0 Å². The van der Waals surface area contributed by atoms with E-state index in [2.05, 4.69) is 4.98 Å². The Morgan fingerprint density at radius 2 is 2.15 bits per heavy atom. The average Bonchev–Trinajstić information content (AvgIpc) is 2.04. The molecule has 0 aliphatic rings. The van der Waals surface area contributed by atoms with Gasteiger partial charge in [-0.25, -0.2) is 4.79 Å². The summed E-state index contributed by atoms with van der Waals surface area (Å²) in [4.78, 5) is 22.8. The van der Waals surface area contributed by atoms with Crippen molar-refractivity contribution in [2.45, 2.75) is 0 Å². The number of carboxylic acid groups (broad SMARTS) is 1. The van der Waals surface area contributed by atoms with E-state index in [0.717, 1.165) is 12.1 Å². The highest BCUT2D eigenvalue weighted by atomic mass is 16.6. The van der Waals surface area contributed by atoms with Gasteiger partial charge in [0.15, 0.2) is 5.75 Å². The minimum absolute atomic E-state index is 0.599. The summed E-state index contributed by atoms with van der Waals surface area (Å²) in [6, 6.07) is 1.83. The fourth-order valence-corrected chi connectivity index (χ4v) is 0.701. The van der Waals surface area contributed by atoms with Crippen molar-refractivity contribution in [3.63, 3.8) is 0 Å². The molecule has 0 unspecified atom stereocenters. The number of rotatable bonds is 2. The maximum Gasteiger partial charge on any atom is 0.384 e. The molecule has 1 heterocycles. The predicted molar refractivity (Wildman–Crippen MR) is 39.5 cm³/mol. The second-order valence-electron chi connectivity index (χ2n) is 2.10. The predicted octanol–water partition coefficient (Wildman–Crippen LogP) is 0.394. The SMILES string of the molecule is O=C(O)c1nc([N+](=O)[O-])ccc1O. The van der Waals surface area contributed by atoms with Crippen LogP contribution in [0.2, 0.25) is 0 Å². The number of nitro groups is 1. The van der Waals surface area contributed by atoms with Crippen LogP contribution in [0.5, 0.6) is 5.75 Å². The van der Waals surface area contributed by atoms with Gasteiger partial charge in [0.1, 0.15) is 0 Å². The molecule has 1 aromatic heterocycles. The van der Waals surface area contributed by atoms with Crippen LogP contribution in [0.3, 0.4) is 0 Å². The number of carbonyl (C=O) groups is 1. The van der Waals surface area contributed by atoms with Gasteiger partial charge < -0.3 is 20.3 Å². The highest BCUT2D eigenvalue weighted by Crippen LogP contribution is 2.18. The zero-order valence-corrected chi connectivity index (χ0v) is 6.17.